The van der Waals surface area contributed by atoms with E-state index < -0.39 is 48.0 Å². The number of carboxylic acid groups (broad SMARTS) is 4. The van der Waals surface area contributed by atoms with Crippen molar-refractivity contribution in [1.82, 2.24) is 0 Å². The van der Waals surface area contributed by atoms with Crippen molar-refractivity contribution in [2.24, 2.45) is 22.9 Å². The van der Waals surface area contributed by atoms with Crippen LogP contribution in [0.15, 0.2) is 0 Å². The van der Waals surface area contributed by atoms with Crippen molar-refractivity contribution in [2.45, 2.75) is 24.2 Å². The Morgan fingerprint density at radius 1 is 0.527 bits per heavy atom. The second-order valence-corrected chi connectivity index (χ2v) is 6.88. The van der Waals surface area contributed by atoms with E-state index in [1.165, 1.54) is 0 Å². The van der Waals surface area contributed by atoms with Gasteiger partial charge in [0, 0.05) is 91.3 Å². The molecule has 0 spiro atoms. The third-order valence-electron chi connectivity index (χ3n) is 2.22. The van der Waals surface area contributed by atoms with E-state index in [0.717, 1.165) is 0 Å². The maximum absolute atomic E-state index is 9.76. The number of nitrogens with two attached hydrogens (primary N) is 4. The van der Waals surface area contributed by atoms with Gasteiger partial charge in [-0.2, -0.15) is 50.5 Å². The standard InChI is InChI=1S/4C3H7NO2S.C2H6OS2.2CN.3CO.6Fe.H2O.5H2S/c4*4-2(1-7)3(5)6;4-1-3-2-5;5*1-2;;;;;;;;;;;;/h4*2,7H,1,4H2,(H,5,6);4-5H,1-2H2;;;;;;;;;;;;6*1H2/q;;;;;2*-1;;;;;;;;+2;+3;;;;;;/p-7/t4*2-;;;;;;;;;;;;;;;;;;/m0000................../s1. The molecule has 0 unspecified atom stereocenters. The minimum atomic E-state index is -1.00. The topological polar surface area (TPSA) is 401 Å². The Bertz CT molecular complexity index is 643. The van der Waals surface area contributed by atoms with Crippen LogP contribution in [0.3, 0.4) is 0 Å². The van der Waals surface area contributed by atoms with Crippen LogP contribution in [-0.2, 0) is 233 Å². The SMILES string of the molecule is N[C@@H](CS)C(=O)O.N[C@@H](CS)C(=O)O.N[C@@H](CS)C(=O)O.N[C@@H](CS)C(=O)O.O.[C-]#N.[C-]#N.[C-]#[O+].[C-]#[O+].[C-]#[O+].[Fe+2].[Fe+3].[Fe].[Fe].[Fe].[Fe].[S-]COC[S-].[SH-].[SH-].[SH-].[SH-].[SH-]. The fraction of sp³-hybridized carbons (Fsp3) is 0.526. The molecule has 0 aliphatic heterocycles. The molecule has 0 bridgehead atoms. The second kappa shape index (κ2) is 155. The molecule has 0 amide bonds. The molecule has 0 aromatic heterocycles. The minimum absolute atomic E-state index is 0. The Labute approximate surface area is 453 Å². The van der Waals surface area contributed by atoms with E-state index in [9.17, 15) is 19.2 Å². The molecule has 55 heavy (non-hydrogen) atoms. The van der Waals surface area contributed by atoms with Crippen LogP contribution >= 0.6 is 50.5 Å². The Morgan fingerprint density at radius 2 is 0.618 bits per heavy atom. The van der Waals surface area contributed by atoms with Gasteiger partial charge in [-0.3, -0.25) is 19.2 Å². The number of hydrogen-bond acceptors (Lipinski definition) is 22. The van der Waals surface area contributed by atoms with Crippen LogP contribution in [-0.4, -0.2) is 109 Å². The van der Waals surface area contributed by atoms with Crippen molar-refractivity contribution in [3.63, 3.8) is 0 Å². The van der Waals surface area contributed by atoms with Gasteiger partial charge in [0.15, 0.2) is 0 Å². The maximum atomic E-state index is 9.76. The molecule has 0 heterocycles. The summed E-state index contributed by atoms with van der Waals surface area (Å²) in [5, 5.41) is 44.5. The third-order valence-corrected chi connectivity index (χ3v) is 4.13. The Balaban J connectivity index is -0.0000000111. The summed E-state index contributed by atoms with van der Waals surface area (Å²) < 4.78 is 27.0. The third kappa shape index (κ3) is 206. The van der Waals surface area contributed by atoms with Crippen LogP contribution in [0.4, 0.5) is 0 Å². The van der Waals surface area contributed by atoms with E-state index in [1.54, 1.807) is 0 Å². The van der Waals surface area contributed by atoms with Gasteiger partial charge in [0.1, 0.15) is 24.2 Å². The fourth-order valence-electron chi connectivity index (χ4n) is 0.346. The zero-order chi connectivity index (χ0) is 37.6. The molecule has 19 nitrogen and oxygen atoms in total. The van der Waals surface area contributed by atoms with Crippen molar-refractivity contribution in [2.75, 3.05) is 34.9 Å². The molecule has 0 saturated heterocycles. The zero-order valence-corrected chi connectivity index (χ0v) is 43.1. The maximum Gasteiger partial charge on any atom is 3.00 e. The van der Waals surface area contributed by atoms with Gasteiger partial charge < -0.3 is 170 Å². The van der Waals surface area contributed by atoms with Crippen LogP contribution in [0.25, 0.3) is 0 Å². The summed E-state index contributed by atoms with van der Waals surface area (Å²) in [4.78, 5) is 39.0. The molecular weight excluding hydrogens is 1210 g/mol. The number of rotatable bonds is 10. The first kappa shape index (κ1) is 145. The first-order chi connectivity index (χ1) is 20.1. The molecule has 4 atom stereocenters. The minimum Gasteiger partial charge on any atom is -0.813 e. The average Bonchev–Trinajstić information content (AvgIpc) is 3.05. The summed E-state index contributed by atoms with van der Waals surface area (Å²) >= 11 is 23.3. The van der Waals surface area contributed by atoms with Crippen molar-refractivity contribution in [3.05, 3.63) is 33.1 Å². The van der Waals surface area contributed by atoms with Gasteiger partial charge in [-0.1, -0.05) is 11.9 Å². The number of hydrogen-bond donors (Lipinski definition) is 12. The Kier molecular flexibility index (Phi) is 409. The Morgan fingerprint density at radius 3 is 0.618 bits per heavy atom. The van der Waals surface area contributed by atoms with Crippen LogP contribution in [0.5, 0.6) is 0 Å². The number of nitrogens with zero attached hydrogens (tertiary/aromatic N) is 2. The normalized spacial score (nSPS) is 7.78. The summed E-state index contributed by atoms with van der Waals surface area (Å²) in [6.07, 6.45) is 0. The van der Waals surface area contributed by atoms with Gasteiger partial charge in [-0.25, -0.2) is 0 Å². The van der Waals surface area contributed by atoms with Gasteiger partial charge in [0.25, 0.3) is 0 Å². The largest absolute Gasteiger partial charge is 3.00 e. The summed E-state index contributed by atoms with van der Waals surface area (Å²) in [6.45, 7) is 23.0. The van der Waals surface area contributed by atoms with Gasteiger partial charge in [0.05, 0.1) is 0 Å². The van der Waals surface area contributed by atoms with E-state index >= 15 is 0 Å². The van der Waals surface area contributed by atoms with E-state index in [0.29, 0.717) is 11.9 Å². The molecule has 0 aliphatic carbocycles. The smallest absolute Gasteiger partial charge is 0.813 e. The molecule has 341 valence electrons. The first-order valence-electron chi connectivity index (χ1n) is 9.31. The van der Waals surface area contributed by atoms with E-state index in [-0.39, 0.29) is 198 Å². The monoisotopic (exact) mass is 1250 g/mol. The molecule has 0 aromatic carbocycles. The second-order valence-electron chi connectivity index (χ2n) is 4.95. The van der Waals surface area contributed by atoms with Crippen molar-refractivity contribution >= 4 is 167 Å². The van der Waals surface area contributed by atoms with Crippen molar-refractivity contribution in [1.29, 1.82) is 10.5 Å². The molecular formula is C19H39Fe6N6O13S11-4. The molecule has 14 N–H and O–H groups in total. The van der Waals surface area contributed by atoms with E-state index in [2.05, 4.69) is 100 Å². The molecule has 36 heteroatoms. The first-order valence-corrected chi connectivity index (χ1v) is 13.0. The van der Waals surface area contributed by atoms with Gasteiger partial charge >= 0.3 is 91.9 Å². The molecule has 0 fully saturated rings. The van der Waals surface area contributed by atoms with Crippen molar-refractivity contribution in [3.8, 4) is 0 Å². The molecule has 0 rings (SSSR count). The molecule has 0 aromatic rings. The average molecular weight is 1250 g/mol. The predicted octanol–water partition coefficient (Wildman–Crippen LogP) is -4.79. The van der Waals surface area contributed by atoms with Gasteiger partial charge in [-0.15, -0.1) is 0 Å². The molecule has 0 aliphatic rings. The summed E-state index contributed by atoms with van der Waals surface area (Å²) in [5.41, 5.74) is 19.8. The van der Waals surface area contributed by atoms with Crippen LogP contribution in [0, 0.1) is 43.6 Å². The summed E-state index contributed by atoms with van der Waals surface area (Å²) in [7, 11) is 0. The van der Waals surface area contributed by atoms with Crippen LogP contribution in [0.2, 0.25) is 0 Å². The van der Waals surface area contributed by atoms with E-state index in [1.807, 2.05) is 0 Å². The predicted molar refractivity (Wildman–Crippen MR) is 213 cm³/mol. The quantitative estimate of drug-likeness (QED) is 0.0321. The summed E-state index contributed by atoms with van der Waals surface area (Å²) in [5.74, 6) is -2.61. The Hall–Kier alpha value is 2.81. The number of aliphatic carboxylic acids is 4. The number of carbonyl (C=O) groups is 4. The zero-order valence-electron chi connectivity index (χ0n) is 26.8. The van der Waals surface area contributed by atoms with Crippen LogP contribution < -0.4 is 22.9 Å². The number of thiol groups is 9. The summed E-state index contributed by atoms with van der Waals surface area (Å²) in [6, 6.07) is -3.27. The van der Waals surface area contributed by atoms with Gasteiger partial charge in [-0.05, 0) is 0 Å². The van der Waals surface area contributed by atoms with Crippen molar-refractivity contribution < 1.29 is 166 Å². The van der Waals surface area contributed by atoms with Crippen LogP contribution in [0.1, 0.15) is 0 Å². The number of carboxylic acids is 4. The van der Waals surface area contributed by atoms with E-state index in [4.69, 9.17) is 81.0 Å². The van der Waals surface area contributed by atoms with Gasteiger partial charge in [0.2, 0.25) is 0 Å². The molecule has 0 saturated carbocycles. The number of ether oxygens (including phenoxy) is 1. The fourth-order valence-corrected chi connectivity index (χ4v) is 1.24. The molecule has 1 radical (unpaired) electrons.